The van der Waals surface area contributed by atoms with Gasteiger partial charge in [0.05, 0.1) is 26.9 Å². The van der Waals surface area contributed by atoms with Crippen molar-refractivity contribution in [1.82, 2.24) is 4.90 Å². The van der Waals surface area contributed by atoms with Gasteiger partial charge in [0.1, 0.15) is 0 Å². The lowest BCUT2D eigenvalue weighted by molar-refractivity contribution is -0.147. The molecule has 2 aliphatic heterocycles. The van der Waals surface area contributed by atoms with Crippen LogP contribution in [0, 0.1) is 5.92 Å². The Kier molecular flexibility index (Phi) is 5.16. The van der Waals surface area contributed by atoms with Crippen LogP contribution in [0.2, 0.25) is 0 Å². The molecular formula is C19H25NO5. The summed E-state index contributed by atoms with van der Waals surface area (Å²) in [5.41, 5.74) is 2.29. The first kappa shape index (κ1) is 17.6. The van der Waals surface area contributed by atoms with Gasteiger partial charge in [0.2, 0.25) is 5.91 Å². The average Bonchev–Trinajstić information content (AvgIpc) is 2.60. The second-order valence-electron chi connectivity index (χ2n) is 6.57. The number of rotatable bonds is 5. The Bertz CT molecular complexity index is 672. The molecule has 1 saturated heterocycles. The largest absolute Gasteiger partial charge is 0.493 e. The van der Waals surface area contributed by atoms with Gasteiger partial charge in [-0.25, -0.2) is 0 Å². The molecule has 25 heavy (non-hydrogen) atoms. The van der Waals surface area contributed by atoms with Crippen molar-refractivity contribution in [1.29, 1.82) is 0 Å². The van der Waals surface area contributed by atoms with E-state index in [1.165, 1.54) is 5.56 Å². The van der Waals surface area contributed by atoms with Gasteiger partial charge in [-0.1, -0.05) is 0 Å². The molecule has 6 nitrogen and oxygen atoms in total. The summed E-state index contributed by atoms with van der Waals surface area (Å²) in [7, 11) is 3.24. The Morgan fingerprint density at radius 3 is 2.64 bits per heavy atom. The molecule has 1 fully saturated rings. The lowest BCUT2D eigenvalue weighted by atomic mass is 9.80. The van der Waals surface area contributed by atoms with Crippen LogP contribution in [-0.2, 0) is 20.7 Å². The molecule has 0 N–H and O–H groups in total. The zero-order valence-corrected chi connectivity index (χ0v) is 15.0. The second kappa shape index (κ2) is 7.33. The third-order valence-electron chi connectivity index (χ3n) is 5.10. The molecule has 2 unspecified atom stereocenters. The van der Waals surface area contributed by atoms with Gasteiger partial charge in [-0.15, -0.1) is 0 Å². The number of piperidine rings is 1. The van der Waals surface area contributed by atoms with E-state index in [9.17, 15) is 9.59 Å². The Morgan fingerprint density at radius 2 is 1.96 bits per heavy atom. The van der Waals surface area contributed by atoms with Gasteiger partial charge >= 0.3 is 5.97 Å². The van der Waals surface area contributed by atoms with E-state index in [1.807, 2.05) is 17.0 Å². The van der Waals surface area contributed by atoms with E-state index in [2.05, 4.69) is 0 Å². The number of hydrogen-bond donors (Lipinski definition) is 0. The summed E-state index contributed by atoms with van der Waals surface area (Å²) in [6.07, 6.45) is 2.29. The standard InChI is InChI=1S/C19H25NO5/c1-4-25-19(22)9-12-7-15-14-11-17(24-3)16(23-2)10-13(14)5-6-20(15)18(21)8-12/h10-12,15H,4-9H2,1-3H3. The first-order chi connectivity index (χ1) is 12.1. The summed E-state index contributed by atoms with van der Waals surface area (Å²) in [6, 6.07) is 3.97. The molecule has 0 aromatic heterocycles. The molecule has 2 atom stereocenters. The van der Waals surface area contributed by atoms with Crippen LogP contribution < -0.4 is 9.47 Å². The molecule has 1 aromatic rings. The highest BCUT2D eigenvalue weighted by molar-refractivity contribution is 5.80. The first-order valence-corrected chi connectivity index (χ1v) is 8.77. The fourth-order valence-electron chi connectivity index (χ4n) is 3.96. The van der Waals surface area contributed by atoms with E-state index in [1.54, 1.807) is 21.1 Å². The topological polar surface area (TPSA) is 65.1 Å². The van der Waals surface area contributed by atoms with Gasteiger partial charge in [0.25, 0.3) is 0 Å². The number of hydrogen-bond acceptors (Lipinski definition) is 5. The first-order valence-electron chi connectivity index (χ1n) is 8.77. The van der Waals surface area contributed by atoms with Crippen molar-refractivity contribution < 1.29 is 23.8 Å². The van der Waals surface area contributed by atoms with Gasteiger partial charge in [0, 0.05) is 19.4 Å². The Labute approximate surface area is 148 Å². The summed E-state index contributed by atoms with van der Waals surface area (Å²) in [6.45, 7) is 2.87. The molecule has 3 rings (SSSR count). The van der Waals surface area contributed by atoms with Crippen molar-refractivity contribution in [3.63, 3.8) is 0 Å². The quantitative estimate of drug-likeness (QED) is 0.766. The minimum atomic E-state index is -0.225. The van der Waals surface area contributed by atoms with Crippen LogP contribution in [0.3, 0.4) is 0 Å². The van der Waals surface area contributed by atoms with E-state index in [0.29, 0.717) is 37.5 Å². The molecular weight excluding hydrogens is 322 g/mol. The predicted octanol–water partition coefficient (Wildman–Crippen LogP) is 2.49. The Morgan fingerprint density at radius 1 is 1.24 bits per heavy atom. The van der Waals surface area contributed by atoms with Crippen molar-refractivity contribution in [2.24, 2.45) is 5.92 Å². The summed E-state index contributed by atoms with van der Waals surface area (Å²) in [5, 5.41) is 0. The highest BCUT2D eigenvalue weighted by atomic mass is 16.5. The van der Waals surface area contributed by atoms with Gasteiger partial charge in [-0.05, 0) is 48.9 Å². The number of carbonyl (C=O) groups is 2. The number of amides is 1. The van der Waals surface area contributed by atoms with E-state index in [4.69, 9.17) is 14.2 Å². The maximum absolute atomic E-state index is 12.6. The Hall–Kier alpha value is -2.24. The molecule has 1 amide bonds. The third kappa shape index (κ3) is 3.43. The van der Waals surface area contributed by atoms with Crippen LogP contribution in [0.25, 0.3) is 0 Å². The van der Waals surface area contributed by atoms with Gasteiger partial charge < -0.3 is 19.1 Å². The minimum absolute atomic E-state index is 0.00997. The summed E-state index contributed by atoms with van der Waals surface area (Å²) >= 11 is 0. The van der Waals surface area contributed by atoms with Crippen LogP contribution in [0.1, 0.15) is 43.4 Å². The summed E-state index contributed by atoms with van der Waals surface area (Å²) in [5.74, 6) is 1.29. The zero-order chi connectivity index (χ0) is 18.0. The van der Waals surface area contributed by atoms with Crippen LogP contribution in [0.5, 0.6) is 11.5 Å². The van der Waals surface area contributed by atoms with Crippen molar-refractivity contribution in [3.8, 4) is 11.5 Å². The molecule has 2 heterocycles. The van der Waals surface area contributed by atoms with Gasteiger partial charge in [0.15, 0.2) is 11.5 Å². The van der Waals surface area contributed by atoms with E-state index >= 15 is 0 Å². The molecule has 1 aromatic carbocycles. The second-order valence-corrected chi connectivity index (χ2v) is 6.57. The van der Waals surface area contributed by atoms with E-state index < -0.39 is 0 Å². The minimum Gasteiger partial charge on any atom is -0.493 e. The van der Waals surface area contributed by atoms with Crippen LogP contribution in [0.4, 0.5) is 0 Å². The van der Waals surface area contributed by atoms with Crippen LogP contribution in [-0.4, -0.2) is 44.1 Å². The van der Waals surface area contributed by atoms with E-state index in [-0.39, 0.29) is 23.8 Å². The number of methoxy groups -OCH3 is 2. The monoisotopic (exact) mass is 347 g/mol. The molecule has 0 radical (unpaired) electrons. The molecule has 2 aliphatic rings. The smallest absolute Gasteiger partial charge is 0.306 e. The molecule has 6 heteroatoms. The van der Waals surface area contributed by atoms with Crippen molar-refractivity contribution in [2.45, 2.75) is 38.6 Å². The molecule has 136 valence electrons. The number of fused-ring (bicyclic) bond motifs is 3. The molecule has 0 spiro atoms. The number of nitrogens with zero attached hydrogens (tertiary/aromatic N) is 1. The number of benzene rings is 1. The predicted molar refractivity (Wildman–Crippen MR) is 91.7 cm³/mol. The number of ether oxygens (including phenoxy) is 3. The molecule has 0 aliphatic carbocycles. The van der Waals surface area contributed by atoms with Crippen LogP contribution in [0.15, 0.2) is 12.1 Å². The third-order valence-corrected chi connectivity index (χ3v) is 5.10. The van der Waals surface area contributed by atoms with Crippen molar-refractivity contribution >= 4 is 11.9 Å². The Balaban J connectivity index is 1.87. The molecule has 0 bridgehead atoms. The fourth-order valence-corrected chi connectivity index (χ4v) is 3.96. The zero-order valence-electron chi connectivity index (χ0n) is 15.0. The fraction of sp³-hybridized carbons (Fsp3) is 0.579. The van der Waals surface area contributed by atoms with Crippen molar-refractivity contribution in [3.05, 3.63) is 23.3 Å². The summed E-state index contributed by atoms with van der Waals surface area (Å²) < 4.78 is 15.9. The average molecular weight is 347 g/mol. The highest BCUT2D eigenvalue weighted by Gasteiger charge is 2.39. The number of carbonyl (C=O) groups excluding carboxylic acids is 2. The van der Waals surface area contributed by atoms with Gasteiger partial charge in [-0.2, -0.15) is 0 Å². The lowest BCUT2D eigenvalue weighted by Crippen LogP contribution is -2.45. The highest BCUT2D eigenvalue weighted by Crippen LogP contribution is 2.44. The SMILES string of the molecule is CCOC(=O)CC1CC(=O)N2CCc3cc(OC)c(OC)cc3C2C1. The van der Waals surface area contributed by atoms with E-state index in [0.717, 1.165) is 18.4 Å². The maximum Gasteiger partial charge on any atom is 0.306 e. The molecule has 0 saturated carbocycles. The lowest BCUT2D eigenvalue weighted by Gasteiger charge is -2.43. The maximum atomic E-state index is 12.6. The van der Waals surface area contributed by atoms with Crippen molar-refractivity contribution in [2.75, 3.05) is 27.4 Å². The van der Waals surface area contributed by atoms with Crippen LogP contribution >= 0.6 is 0 Å². The normalized spacial score (nSPS) is 22.0. The summed E-state index contributed by atoms with van der Waals surface area (Å²) in [4.78, 5) is 26.3. The van der Waals surface area contributed by atoms with Gasteiger partial charge in [-0.3, -0.25) is 9.59 Å². The number of esters is 1.